The first-order valence-electron chi connectivity index (χ1n) is 9.42. The summed E-state index contributed by atoms with van der Waals surface area (Å²) in [5.74, 6) is 0. The molecule has 0 aliphatic carbocycles. The molecular formula is C19H32N6. The SMILES string of the molecule is Cc1n[nH]c(C)c1CC(C)N1CCC(n2cc(C(C)(C)C)nn2)CC1. The number of aromatic amines is 1. The molecule has 1 aliphatic rings. The second-order valence-electron chi connectivity index (χ2n) is 8.57. The standard InChI is InChI=1S/C19H32N6/c1-13(11-17-14(2)20-21-15(17)3)24-9-7-16(8-10-24)25-12-18(22-23-25)19(4,5)6/h12-13,16H,7-11H2,1-6H3,(H,20,21). The van der Waals surface area contributed by atoms with Gasteiger partial charge in [0.2, 0.25) is 0 Å². The van der Waals surface area contributed by atoms with E-state index in [1.165, 1.54) is 11.3 Å². The average molecular weight is 345 g/mol. The van der Waals surface area contributed by atoms with Gasteiger partial charge < -0.3 is 4.90 Å². The smallest absolute Gasteiger partial charge is 0.0880 e. The lowest BCUT2D eigenvalue weighted by molar-refractivity contribution is 0.137. The summed E-state index contributed by atoms with van der Waals surface area (Å²) in [5, 5.41) is 16.2. The maximum atomic E-state index is 4.40. The molecule has 1 aliphatic heterocycles. The van der Waals surface area contributed by atoms with Crippen LogP contribution in [0.4, 0.5) is 0 Å². The van der Waals surface area contributed by atoms with Gasteiger partial charge in [0, 0.05) is 36.4 Å². The van der Waals surface area contributed by atoms with Crippen LogP contribution in [0.15, 0.2) is 6.20 Å². The van der Waals surface area contributed by atoms with Crippen molar-refractivity contribution in [2.75, 3.05) is 13.1 Å². The molecule has 2 aromatic rings. The number of aryl methyl sites for hydroxylation is 2. The van der Waals surface area contributed by atoms with Crippen LogP contribution in [0.3, 0.4) is 0 Å². The monoisotopic (exact) mass is 344 g/mol. The Balaban J connectivity index is 1.57. The molecule has 0 spiro atoms. The highest BCUT2D eigenvalue weighted by molar-refractivity contribution is 5.24. The van der Waals surface area contributed by atoms with Gasteiger partial charge in [-0.2, -0.15) is 5.10 Å². The summed E-state index contributed by atoms with van der Waals surface area (Å²) in [4.78, 5) is 2.60. The molecular weight excluding hydrogens is 312 g/mol. The number of nitrogens with zero attached hydrogens (tertiary/aromatic N) is 5. The molecule has 2 aromatic heterocycles. The van der Waals surface area contributed by atoms with E-state index in [4.69, 9.17) is 0 Å². The Hall–Kier alpha value is -1.69. The van der Waals surface area contributed by atoms with E-state index in [1.54, 1.807) is 0 Å². The molecule has 1 unspecified atom stereocenters. The first-order valence-corrected chi connectivity index (χ1v) is 9.42. The first kappa shape index (κ1) is 18.1. The molecule has 1 atom stereocenters. The van der Waals surface area contributed by atoms with Crippen molar-refractivity contribution in [2.24, 2.45) is 0 Å². The molecule has 6 nitrogen and oxygen atoms in total. The molecule has 0 saturated carbocycles. The van der Waals surface area contributed by atoms with Crippen molar-refractivity contribution in [3.63, 3.8) is 0 Å². The van der Waals surface area contributed by atoms with Gasteiger partial charge in [-0.25, -0.2) is 4.68 Å². The highest BCUT2D eigenvalue weighted by atomic mass is 15.4. The topological polar surface area (TPSA) is 62.6 Å². The third kappa shape index (κ3) is 3.94. The summed E-state index contributed by atoms with van der Waals surface area (Å²) in [6, 6.07) is 1.02. The minimum atomic E-state index is 0.0633. The summed E-state index contributed by atoms with van der Waals surface area (Å²) in [6.45, 7) is 15.3. The zero-order valence-electron chi connectivity index (χ0n) is 16.5. The number of piperidine rings is 1. The second kappa shape index (κ2) is 6.90. The van der Waals surface area contributed by atoms with E-state index in [0.717, 1.165) is 43.7 Å². The third-order valence-corrected chi connectivity index (χ3v) is 5.56. The van der Waals surface area contributed by atoms with E-state index in [9.17, 15) is 0 Å². The number of likely N-dealkylation sites (tertiary alicyclic amines) is 1. The number of hydrogen-bond acceptors (Lipinski definition) is 4. The third-order valence-electron chi connectivity index (χ3n) is 5.56. The number of nitrogens with one attached hydrogen (secondary N) is 1. The van der Waals surface area contributed by atoms with Gasteiger partial charge in [-0.15, -0.1) is 5.10 Å². The Morgan fingerprint density at radius 3 is 2.44 bits per heavy atom. The van der Waals surface area contributed by atoms with Gasteiger partial charge in [0.1, 0.15) is 0 Å². The van der Waals surface area contributed by atoms with Crippen molar-refractivity contribution < 1.29 is 0 Å². The van der Waals surface area contributed by atoms with E-state index in [1.807, 2.05) is 0 Å². The minimum Gasteiger partial charge on any atom is -0.300 e. The molecule has 0 radical (unpaired) electrons. The summed E-state index contributed by atoms with van der Waals surface area (Å²) in [6.07, 6.45) is 5.49. The molecule has 1 saturated heterocycles. The Bertz CT molecular complexity index is 680. The van der Waals surface area contributed by atoms with Crippen molar-refractivity contribution in [2.45, 2.75) is 78.3 Å². The molecule has 138 valence electrons. The van der Waals surface area contributed by atoms with Gasteiger partial charge in [0.25, 0.3) is 0 Å². The van der Waals surface area contributed by atoms with E-state index < -0.39 is 0 Å². The van der Waals surface area contributed by atoms with Crippen LogP contribution in [0, 0.1) is 13.8 Å². The Morgan fingerprint density at radius 1 is 1.24 bits per heavy atom. The Morgan fingerprint density at radius 2 is 1.92 bits per heavy atom. The predicted molar refractivity (Wildman–Crippen MR) is 99.8 cm³/mol. The molecule has 6 heteroatoms. The zero-order valence-corrected chi connectivity index (χ0v) is 16.5. The van der Waals surface area contributed by atoms with Crippen molar-refractivity contribution in [1.29, 1.82) is 0 Å². The fourth-order valence-electron chi connectivity index (χ4n) is 3.69. The fraction of sp³-hybridized carbons (Fsp3) is 0.737. The van der Waals surface area contributed by atoms with E-state index in [0.29, 0.717) is 12.1 Å². The van der Waals surface area contributed by atoms with Crippen LogP contribution in [0.25, 0.3) is 0 Å². The molecule has 3 rings (SSSR count). The van der Waals surface area contributed by atoms with Crippen LogP contribution >= 0.6 is 0 Å². The molecule has 25 heavy (non-hydrogen) atoms. The number of aromatic nitrogens is 5. The number of H-pyrrole nitrogens is 1. The fourth-order valence-corrected chi connectivity index (χ4v) is 3.69. The van der Waals surface area contributed by atoms with Gasteiger partial charge in [-0.05, 0) is 45.6 Å². The zero-order chi connectivity index (χ0) is 18.2. The van der Waals surface area contributed by atoms with Crippen LogP contribution in [-0.4, -0.2) is 49.2 Å². The Kier molecular flexibility index (Phi) is 5.00. The van der Waals surface area contributed by atoms with Gasteiger partial charge in [-0.3, -0.25) is 5.10 Å². The van der Waals surface area contributed by atoms with E-state index in [2.05, 4.69) is 77.8 Å². The number of rotatable bonds is 4. The van der Waals surface area contributed by atoms with Crippen molar-refractivity contribution in [3.05, 3.63) is 28.8 Å². The van der Waals surface area contributed by atoms with Crippen LogP contribution in [0.1, 0.15) is 69.2 Å². The minimum absolute atomic E-state index is 0.0633. The molecule has 3 heterocycles. The lowest BCUT2D eigenvalue weighted by Crippen LogP contribution is -2.41. The van der Waals surface area contributed by atoms with Crippen molar-refractivity contribution in [1.82, 2.24) is 30.1 Å². The molecule has 1 fully saturated rings. The molecule has 1 N–H and O–H groups in total. The second-order valence-corrected chi connectivity index (χ2v) is 8.57. The summed E-state index contributed by atoms with van der Waals surface area (Å²) >= 11 is 0. The quantitative estimate of drug-likeness (QED) is 0.925. The lowest BCUT2D eigenvalue weighted by Gasteiger charge is -2.36. The molecule has 0 aromatic carbocycles. The van der Waals surface area contributed by atoms with Crippen LogP contribution < -0.4 is 0 Å². The lowest BCUT2D eigenvalue weighted by atomic mass is 9.93. The largest absolute Gasteiger partial charge is 0.300 e. The van der Waals surface area contributed by atoms with Crippen molar-refractivity contribution in [3.8, 4) is 0 Å². The van der Waals surface area contributed by atoms with E-state index >= 15 is 0 Å². The highest BCUT2D eigenvalue weighted by Crippen LogP contribution is 2.26. The summed E-state index contributed by atoms with van der Waals surface area (Å²) in [7, 11) is 0. The maximum Gasteiger partial charge on any atom is 0.0880 e. The van der Waals surface area contributed by atoms with Gasteiger partial charge in [0.15, 0.2) is 0 Å². The first-order chi connectivity index (χ1) is 11.8. The van der Waals surface area contributed by atoms with Crippen LogP contribution in [0.5, 0.6) is 0 Å². The average Bonchev–Trinajstić information content (AvgIpc) is 3.17. The van der Waals surface area contributed by atoms with Gasteiger partial charge in [-0.1, -0.05) is 26.0 Å². The summed E-state index contributed by atoms with van der Waals surface area (Å²) < 4.78 is 2.09. The normalized spacial score (nSPS) is 18.6. The molecule has 0 amide bonds. The molecule has 0 bridgehead atoms. The number of hydrogen-bond donors (Lipinski definition) is 1. The van der Waals surface area contributed by atoms with Gasteiger partial charge >= 0.3 is 0 Å². The van der Waals surface area contributed by atoms with E-state index in [-0.39, 0.29) is 5.41 Å². The van der Waals surface area contributed by atoms with Crippen LogP contribution in [-0.2, 0) is 11.8 Å². The Labute approximate surface area is 151 Å². The van der Waals surface area contributed by atoms with Gasteiger partial charge in [0.05, 0.1) is 17.4 Å². The van der Waals surface area contributed by atoms with Crippen LogP contribution in [0.2, 0.25) is 0 Å². The predicted octanol–water partition coefficient (Wildman–Crippen LogP) is 3.18. The van der Waals surface area contributed by atoms with Crippen molar-refractivity contribution >= 4 is 0 Å². The summed E-state index contributed by atoms with van der Waals surface area (Å²) in [5.41, 5.74) is 4.86. The highest BCUT2D eigenvalue weighted by Gasteiger charge is 2.27. The maximum absolute atomic E-state index is 4.40.